The van der Waals surface area contributed by atoms with E-state index < -0.39 is 25.2 Å². The van der Waals surface area contributed by atoms with Crippen LogP contribution in [0, 0.1) is 0 Å². The van der Waals surface area contributed by atoms with Crippen molar-refractivity contribution in [2.45, 2.75) is 52.4 Å². The first-order valence-corrected chi connectivity index (χ1v) is 19.2. The number of imidazole rings is 1. The molecule has 0 spiro atoms. The molecule has 212 valence electrons. The summed E-state index contributed by atoms with van der Waals surface area (Å²) in [7, 11) is -1.80. The Labute approximate surface area is 249 Å². The molecule has 0 fully saturated rings. The van der Waals surface area contributed by atoms with E-state index in [9.17, 15) is 13.6 Å². The van der Waals surface area contributed by atoms with Crippen molar-refractivity contribution in [3.8, 4) is 11.1 Å². The maximum Gasteiger partial charge on any atom is 0.270 e. The summed E-state index contributed by atoms with van der Waals surface area (Å²) in [6.07, 6.45) is 3.12. The van der Waals surface area contributed by atoms with E-state index in [-0.39, 0.29) is 0 Å². The lowest BCUT2D eigenvalue weighted by atomic mass is 10.1. The number of amides is 1. The predicted molar refractivity (Wildman–Crippen MR) is 172 cm³/mol. The fraction of sp³-hybridized carbons (Fsp3) is 0.250. The number of carbonyl (C=O) groups is 1. The third-order valence-corrected chi connectivity index (χ3v) is 12.5. The van der Waals surface area contributed by atoms with Gasteiger partial charge in [-0.15, -0.1) is 11.3 Å². The summed E-state index contributed by atoms with van der Waals surface area (Å²) in [6, 6.07) is 27.1. The van der Waals surface area contributed by atoms with E-state index in [0.29, 0.717) is 17.1 Å². The second-order valence-corrected chi connectivity index (χ2v) is 18.4. The van der Waals surface area contributed by atoms with Crippen LogP contribution in [-0.4, -0.2) is 32.3 Å². The summed E-state index contributed by atoms with van der Waals surface area (Å²) in [5, 5.41) is 0.430. The molecular formula is C32H34N3O3S2Si-. The number of nitrogens with zero attached hydrogens (tertiary/aromatic N) is 3. The molecule has 5 aromatic rings. The highest BCUT2D eigenvalue weighted by atomic mass is 32.2. The van der Waals surface area contributed by atoms with Gasteiger partial charge in [-0.3, -0.25) is 9.00 Å². The molecule has 0 bridgehead atoms. The van der Waals surface area contributed by atoms with Crippen LogP contribution in [0.3, 0.4) is 0 Å². The van der Waals surface area contributed by atoms with Gasteiger partial charge in [0, 0.05) is 24.1 Å². The summed E-state index contributed by atoms with van der Waals surface area (Å²) < 4.78 is 29.4. The number of fused-ring (bicyclic) bond motifs is 1. The highest BCUT2D eigenvalue weighted by molar-refractivity contribution is 7.82. The number of para-hydroxylation sites is 2. The van der Waals surface area contributed by atoms with E-state index in [1.807, 2.05) is 24.3 Å². The summed E-state index contributed by atoms with van der Waals surface area (Å²) in [6.45, 7) is 9.55. The lowest BCUT2D eigenvalue weighted by Crippen LogP contribution is -2.35. The number of unbranched alkanes of at least 4 members (excludes halogenated alkanes) is 1. The third kappa shape index (κ3) is 6.28. The van der Waals surface area contributed by atoms with Gasteiger partial charge in [-0.2, -0.15) is 0 Å². The van der Waals surface area contributed by atoms with Gasteiger partial charge in [0.15, 0.2) is 0 Å². The number of carbonyl (C=O) groups excluding carboxylic acids is 1. The maximum absolute atomic E-state index is 13.4. The Morgan fingerprint density at radius 3 is 2.34 bits per heavy atom. The largest absolute Gasteiger partial charge is 0.755 e. The Hall–Kier alpha value is -3.37. The molecule has 0 radical (unpaired) electrons. The van der Waals surface area contributed by atoms with Crippen LogP contribution in [0.2, 0.25) is 19.6 Å². The third-order valence-electron chi connectivity index (χ3n) is 7.08. The fourth-order valence-corrected chi connectivity index (χ4v) is 8.53. The van der Waals surface area contributed by atoms with Gasteiger partial charge in [0.05, 0.1) is 30.4 Å². The average Bonchev–Trinajstić information content (AvgIpc) is 3.55. The fourth-order valence-electron chi connectivity index (χ4n) is 4.83. The molecule has 0 aliphatic carbocycles. The first kappa shape index (κ1) is 29.1. The molecule has 2 aromatic heterocycles. The molecule has 5 rings (SSSR count). The standard InChI is InChI=1S/C32H35N3O3S2Si/c1-5-6-16-29-33-27-14-10-11-15-28(27)34(29)22-23-17-19-24(20-18-23)26-21-30(41(2,3)4)39-32(26)35(40(37)38)31(36)25-12-8-7-9-13-25/h7-15,17-21H,5-6,16,22H2,1-4H3,(H,37,38)/p-1. The number of anilines is 1. The van der Waals surface area contributed by atoms with Gasteiger partial charge < -0.3 is 9.12 Å². The van der Waals surface area contributed by atoms with Crippen molar-refractivity contribution in [3.05, 3.63) is 102 Å². The molecule has 0 aliphatic rings. The van der Waals surface area contributed by atoms with Gasteiger partial charge in [0.1, 0.15) is 10.8 Å². The van der Waals surface area contributed by atoms with Crippen LogP contribution in [0.15, 0.2) is 84.9 Å². The normalized spacial score (nSPS) is 12.5. The van der Waals surface area contributed by atoms with Crippen LogP contribution >= 0.6 is 11.3 Å². The summed E-state index contributed by atoms with van der Waals surface area (Å²) >= 11 is -1.38. The van der Waals surface area contributed by atoms with E-state index in [4.69, 9.17) is 4.98 Å². The maximum atomic E-state index is 13.4. The van der Waals surface area contributed by atoms with E-state index in [2.05, 4.69) is 61.5 Å². The van der Waals surface area contributed by atoms with E-state index in [1.54, 1.807) is 30.3 Å². The van der Waals surface area contributed by atoms with Crippen LogP contribution in [0.5, 0.6) is 0 Å². The Balaban J connectivity index is 1.52. The summed E-state index contributed by atoms with van der Waals surface area (Å²) in [4.78, 5) is 18.3. The van der Waals surface area contributed by atoms with E-state index in [0.717, 1.165) is 61.6 Å². The van der Waals surface area contributed by atoms with Crippen molar-refractivity contribution in [2.24, 2.45) is 0 Å². The molecule has 2 heterocycles. The van der Waals surface area contributed by atoms with Gasteiger partial charge in [-0.05, 0) is 52.4 Å². The first-order chi connectivity index (χ1) is 19.7. The average molecular weight is 601 g/mol. The van der Waals surface area contributed by atoms with Crippen LogP contribution in [-0.2, 0) is 24.2 Å². The molecule has 0 N–H and O–H groups in total. The zero-order chi connectivity index (χ0) is 29.1. The Morgan fingerprint density at radius 1 is 1.00 bits per heavy atom. The second-order valence-electron chi connectivity index (χ2n) is 11.2. The summed E-state index contributed by atoms with van der Waals surface area (Å²) in [5.74, 6) is 0.525. The van der Waals surface area contributed by atoms with Gasteiger partial charge in [-0.1, -0.05) is 87.6 Å². The smallest absolute Gasteiger partial charge is 0.270 e. The molecule has 41 heavy (non-hydrogen) atoms. The van der Waals surface area contributed by atoms with E-state index >= 15 is 0 Å². The number of benzene rings is 3. The first-order valence-electron chi connectivity index (χ1n) is 13.8. The van der Waals surface area contributed by atoms with Gasteiger partial charge in [0.2, 0.25) is 0 Å². The second kappa shape index (κ2) is 12.2. The van der Waals surface area contributed by atoms with Gasteiger partial charge >= 0.3 is 0 Å². The number of thiophene rings is 1. The van der Waals surface area contributed by atoms with Crippen LogP contribution < -0.4 is 8.81 Å². The van der Waals surface area contributed by atoms with Crippen molar-refractivity contribution in [2.75, 3.05) is 4.31 Å². The molecule has 1 atom stereocenters. The number of aryl methyl sites for hydroxylation is 1. The molecule has 3 aromatic carbocycles. The van der Waals surface area contributed by atoms with Crippen LogP contribution in [0.25, 0.3) is 22.2 Å². The molecular weight excluding hydrogens is 567 g/mol. The Kier molecular flexibility index (Phi) is 8.70. The van der Waals surface area contributed by atoms with Crippen LogP contribution in [0.1, 0.15) is 41.5 Å². The lowest BCUT2D eigenvalue weighted by molar-refractivity contribution is 0.101. The Morgan fingerprint density at radius 2 is 1.68 bits per heavy atom. The Bertz CT molecular complexity index is 1690. The number of rotatable bonds is 10. The summed E-state index contributed by atoms with van der Waals surface area (Å²) in [5.41, 5.74) is 5.21. The number of aromatic nitrogens is 2. The van der Waals surface area contributed by atoms with Crippen molar-refractivity contribution in [1.29, 1.82) is 0 Å². The highest BCUT2D eigenvalue weighted by Crippen LogP contribution is 2.38. The molecule has 1 amide bonds. The lowest BCUT2D eigenvalue weighted by Gasteiger charge is -2.24. The molecule has 0 saturated heterocycles. The molecule has 9 heteroatoms. The van der Waals surface area contributed by atoms with Crippen molar-refractivity contribution in [1.82, 2.24) is 9.55 Å². The van der Waals surface area contributed by atoms with Crippen molar-refractivity contribution >= 4 is 57.1 Å². The minimum atomic E-state index is -2.78. The monoisotopic (exact) mass is 600 g/mol. The van der Waals surface area contributed by atoms with Crippen molar-refractivity contribution in [3.63, 3.8) is 0 Å². The SMILES string of the molecule is CCCCc1nc2ccccc2n1Cc1ccc(-c2cc([Si](C)(C)C)sc2N(C(=O)c2ccccc2)S(=O)[O-])cc1. The minimum absolute atomic E-state index is 0.326. The zero-order valence-electron chi connectivity index (χ0n) is 23.8. The molecule has 0 aliphatic heterocycles. The van der Waals surface area contributed by atoms with Gasteiger partial charge in [-0.25, -0.2) is 9.29 Å². The van der Waals surface area contributed by atoms with E-state index in [1.165, 1.54) is 11.3 Å². The number of hydrogen-bond acceptors (Lipinski definition) is 5. The zero-order valence-corrected chi connectivity index (χ0v) is 26.4. The van der Waals surface area contributed by atoms with Gasteiger partial charge in [0.25, 0.3) is 5.91 Å². The highest BCUT2D eigenvalue weighted by Gasteiger charge is 2.28. The topological polar surface area (TPSA) is 78.3 Å². The minimum Gasteiger partial charge on any atom is -0.755 e. The predicted octanol–water partition coefficient (Wildman–Crippen LogP) is 7.14. The number of hydrogen-bond donors (Lipinski definition) is 0. The van der Waals surface area contributed by atoms with Crippen molar-refractivity contribution < 1.29 is 13.6 Å². The quantitative estimate of drug-likeness (QED) is 0.126. The molecule has 0 saturated carbocycles. The van der Waals surface area contributed by atoms with Crippen LogP contribution in [0.4, 0.5) is 5.00 Å². The molecule has 6 nitrogen and oxygen atoms in total. The molecule has 1 unspecified atom stereocenters.